The number of alkyl halides is 3. The Hall–Kier alpha value is -0.970. The normalized spacial score (nSPS) is 12.3. The van der Waals surface area contributed by atoms with Gasteiger partial charge in [0.25, 0.3) is 0 Å². The van der Waals surface area contributed by atoms with E-state index in [-0.39, 0.29) is 0 Å². The van der Waals surface area contributed by atoms with E-state index in [1.807, 2.05) is 0 Å². The van der Waals surface area contributed by atoms with Gasteiger partial charge in [0.05, 0.1) is 11.3 Å². The summed E-state index contributed by atoms with van der Waals surface area (Å²) in [5.74, 6) is 0.530. The topological polar surface area (TPSA) is 12.9 Å². The highest BCUT2D eigenvalue weighted by Gasteiger charge is 2.30. The van der Waals surface area contributed by atoms with Crippen LogP contribution < -0.4 is 0 Å². The number of halogens is 3. The van der Waals surface area contributed by atoms with E-state index in [0.29, 0.717) is 11.4 Å². The third-order valence-corrected chi connectivity index (χ3v) is 1.72. The number of hydrogen-bond donors (Lipinski definition) is 1. The Balaban J connectivity index is 2.84. The van der Waals surface area contributed by atoms with Crippen LogP contribution in [0.3, 0.4) is 0 Å². The average Bonchev–Trinajstić information content (AvgIpc) is 2.14. The van der Waals surface area contributed by atoms with Crippen molar-refractivity contribution in [1.29, 1.82) is 0 Å². The Morgan fingerprint density at radius 3 is 2.50 bits per heavy atom. The van der Waals surface area contributed by atoms with E-state index in [1.54, 1.807) is 12.2 Å². The smallest absolute Gasteiger partial charge is 0.256 e. The number of hydrogen-bond acceptors (Lipinski definition) is 2. The zero-order chi connectivity index (χ0) is 10.6. The molecule has 0 aromatic carbocycles. The van der Waals surface area contributed by atoms with E-state index < -0.39 is 11.7 Å². The lowest BCUT2D eigenvalue weighted by Crippen LogP contribution is -2.05. The van der Waals surface area contributed by atoms with Gasteiger partial charge in [0.1, 0.15) is 0 Å². The van der Waals surface area contributed by atoms with Crippen LogP contribution in [0.2, 0.25) is 0 Å². The summed E-state index contributed by atoms with van der Waals surface area (Å²) in [6.07, 6.45) is -0.178. The molecule has 0 unspecified atom stereocenters. The molecule has 0 aliphatic rings. The van der Waals surface area contributed by atoms with Crippen molar-refractivity contribution in [3.8, 4) is 0 Å². The molecular weight excluding hydrogens is 211 g/mol. The predicted molar refractivity (Wildman–Crippen MR) is 52.1 cm³/mol. The van der Waals surface area contributed by atoms with Gasteiger partial charge in [-0.1, -0.05) is 6.08 Å². The van der Waals surface area contributed by atoms with Crippen molar-refractivity contribution in [2.24, 2.45) is 0 Å². The van der Waals surface area contributed by atoms with Crippen LogP contribution in [0.4, 0.5) is 13.2 Å². The fourth-order valence-electron chi connectivity index (χ4n) is 0.845. The van der Waals surface area contributed by atoms with E-state index in [2.05, 4.69) is 17.6 Å². The first-order valence-electron chi connectivity index (χ1n) is 3.84. The molecule has 0 saturated heterocycles. The summed E-state index contributed by atoms with van der Waals surface area (Å²) in [4.78, 5) is 3.64. The standard InChI is InChI=1S/C9H8F3NS/c10-9(11,12)7-3-4-8(13-6-7)2-1-5-14/h1-4,6,14H,5H2. The van der Waals surface area contributed by atoms with Crippen LogP contribution in [0.25, 0.3) is 6.08 Å². The number of aromatic nitrogens is 1. The number of rotatable bonds is 2. The minimum Gasteiger partial charge on any atom is -0.256 e. The Labute approximate surface area is 85.1 Å². The van der Waals surface area contributed by atoms with Crippen LogP contribution in [0.5, 0.6) is 0 Å². The molecule has 5 heteroatoms. The molecular formula is C9H8F3NS. The quantitative estimate of drug-likeness (QED) is 0.754. The second-order valence-electron chi connectivity index (χ2n) is 2.55. The van der Waals surface area contributed by atoms with Gasteiger partial charge in [0, 0.05) is 11.9 Å². The van der Waals surface area contributed by atoms with Gasteiger partial charge in [-0.15, -0.1) is 0 Å². The Morgan fingerprint density at radius 1 is 1.36 bits per heavy atom. The first-order chi connectivity index (χ1) is 6.54. The van der Waals surface area contributed by atoms with E-state index in [9.17, 15) is 13.2 Å². The zero-order valence-electron chi connectivity index (χ0n) is 7.12. The third kappa shape index (κ3) is 3.06. The largest absolute Gasteiger partial charge is 0.417 e. The molecule has 0 bridgehead atoms. The van der Waals surface area contributed by atoms with Crippen LogP contribution in [-0.2, 0) is 6.18 Å². The molecule has 0 saturated carbocycles. The van der Waals surface area contributed by atoms with Crippen LogP contribution in [0.1, 0.15) is 11.3 Å². The first-order valence-corrected chi connectivity index (χ1v) is 4.48. The van der Waals surface area contributed by atoms with Crippen molar-refractivity contribution in [2.45, 2.75) is 6.18 Å². The van der Waals surface area contributed by atoms with E-state index in [4.69, 9.17) is 0 Å². The van der Waals surface area contributed by atoms with Gasteiger partial charge in [0.2, 0.25) is 0 Å². The van der Waals surface area contributed by atoms with Gasteiger partial charge in [-0.3, -0.25) is 4.98 Å². The predicted octanol–water partition coefficient (Wildman–Crippen LogP) is 3.04. The average molecular weight is 219 g/mol. The van der Waals surface area contributed by atoms with Gasteiger partial charge in [-0.2, -0.15) is 25.8 Å². The highest BCUT2D eigenvalue weighted by Crippen LogP contribution is 2.28. The summed E-state index contributed by atoms with van der Waals surface area (Å²) in [5.41, 5.74) is -0.243. The molecule has 1 heterocycles. The Bertz CT molecular complexity index is 316. The molecule has 0 N–H and O–H groups in total. The molecule has 0 amide bonds. The molecule has 1 rings (SSSR count). The summed E-state index contributed by atoms with van der Waals surface area (Å²) in [6, 6.07) is 2.33. The van der Waals surface area contributed by atoms with E-state index >= 15 is 0 Å². The maximum atomic E-state index is 12.1. The lowest BCUT2D eigenvalue weighted by atomic mass is 10.2. The van der Waals surface area contributed by atoms with Gasteiger partial charge in [-0.05, 0) is 18.2 Å². The molecule has 1 nitrogen and oxygen atoms in total. The fourth-order valence-corrected chi connectivity index (χ4v) is 0.950. The molecule has 0 radical (unpaired) electrons. The van der Waals surface area contributed by atoms with E-state index in [1.165, 1.54) is 6.07 Å². The van der Waals surface area contributed by atoms with Crippen molar-refractivity contribution in [2.75, 3.05) is 5.75 Å². The van der Waals surface area contributed by atoms with Gasteiger partial charge in [-0.25, -0.2) is 0 Å². The van der Waals surface area contributed by atoms with Crippen LogP contribution in [0.15, 0.2) is 24.4 Å². The van der Waals surface area contributed by atoms with Crippen molar-refractivity contribution in [1.82, 2.24) is 4.98 Å². The van der Waals surface area contributed by atoms with E-state index in [0.717, 1.165) is 12.3 Å². The van der Waals surface area contributed by atoms with Gasteiger partial charge >= 0.3 is 6.18 Å². The monoisotopic (exact) mass is 219 g/mol. The number of nitrogens with zero attached hydrogens (tertiary/aromatic N) is 1. The van der Waals surface area contributed by atoms with Crippen LogP contribution >= 0.6 is 12.6 Å². The van der Waals surface area contributed by atoms with Crippen molar-refractivity contribution in [3.63, 3.8) is 0 Å². The molecule has 0 fully saturated rings. The molecule has 76 valence electrons. The maximum absolute atomic E-state index is 12.1. The lowest BCUT2D eigenvalue weighted by Gasteiger charge is -2.04. The van der Waals surface area contributed by atoms with Crippen molar-refractivity contribution < 1.29 is 13.2 Å². The molecule has 0 atom stereocenters. The van der Waals surface area contributed by atoms with Crippen molar-refractivity contribution in [3.05, 3.63) is 35.7 Å². The molecule has 14 heavy (non-hydrogen) atoms. The molecule has 0 aliphatic heterocycles. The zero-order valence-corrected chi connectivity index (χ0v) is 8.02. The summed E-state index contributed by atoms with van der Waals surface area (Å²) in [6.45, 7) is 0. The summed E-state index contributed by atoms with van der Waals surface area (Å²) >= 11 is 3.92. The molecule has 0 spiro atoms. The molecule has 0 aliphatic carbocycles. The minimum atomic E-state index is -4.32. The fraction of sp³-hybridized carbons (Fsp3) is 0.222. The summed E-state index contributed by atoms with van der Waals surface area (Å²) in [5, 5.41) is 0. The number of thiol groups is 1. The minimum absolute atomic E-state index is 0.493. The first kappa shape index (κ1) is 11.1. The maximum Gasteiger partial charge on any atom is 0.417 e. The number of pyridine rings is 1. The van der Waals surface area contributed by atoms with Crippen LogP contribution in [-0.4, -0.2) is 10.7 Å². The molecule has 1 aromatic heterocycles. The highest BCUT2D eigenvalue weighted by atomic mass is 32.1. The second kappa shape index (κ2) is 4.50. The SMILES string of the molecule is FC(F)(F)c1ccc(C=CCS)nc1. The lowest BCUT2D eigenvalue weighted by molar-refractivity contribution is -0.137. The third-order valence-electron chi connectivity index (χ3n) is 1.51. The summed E-state index contributed by atoms with van der Waals surface area (Å²) in [7, 11) is 0. The van der Waals surface area contributed by atoms with Gasteiger partial charge < -0.3 is 0 Å². The summed E-state index contributed by atoms with van der Waals surface area (Å²) < 4.78 is 36.3. The van der Waals surface area contributed by atoms with Gasteiger partial charge in [0.15, 0.2) is 0 Å². The Kier molecular flexibility index (Phi) is 3.57. The second-order valence-corrected chi connectivity index (χ2v) is 2.92. The van der Waals surface area contributed by atoms with Crippen LogP contribution in [0, 0.1) is 0 Å². The highest BCUT2D eigenvalue weighted by molar-refractivity contribution is 7.80. The molecule has 1 aromatic rings. The Morgan fingerprint density at radius 2 is 2.07 bits per heavy atom. The van der Waals surface area contributed by atoms with Crippen molar-refractivity contribution >= 4 is 18.7 Å².